The smallest absolute Gasteiger partial charge is 0.242 e. The maximum absolute atomic E-state index is 6.11. The van der Waals surface area contributed by atoms with Gasteiger partial charge in [0.2, 0.25) is 5.88 Å². The summed E-state index contributed by atoms with van der Waals surface area (Å²) in [6, 6.07) is 8.15. The molecule has 1 aromatic carbocycles. The summed E-state index contributed by atoms with van der Waals surface area (Å²) < 4.78 is 5.53. The van der Waals surface area contributed by atoms with E-state index in [0.29, 0.717) is 24.0 Å². The van der Waals surface area contributed by atoms with Crippen molar-refractivity contribution in [1.82, 2.24) is 9.97 Å². The highest BCUT2D eigenvalue weighted by Gasteiger charge is 2.14. The second-order valence-corrected chi connectivity index (χ2v) is 4.66. The van der Waals surface area contributed by atoms with Crippen LogP contribution in [0, 0.1) is 6.92 Å². The molecule has 0 amide bonds. The quantitative estimate of drug-likeness (QED) is 0.906. The Morgan fingerprint density at radius 3 is 2.80 bits per heavy atom. The fraction of sp³-hybridized carbons (Fsp3) is 0.333. The molecule has 0 aliphatic heterocycles. The van der Waals surface area contributed by atoms with Gasteiger partial charge in [0.05, 0.1) is 6.61 Å². The monoisotopic (exact) mass is 272 g/mol. The van der Waals surface area contributed by atoms with E-state index in [1.165, 1.54) is 11.9 Å². The maximum atomic E-state index is 6.11. The molecule has 2 rings (SSSR count). The molecule has 5 nitrogen and oxygen atoms in total. The summed E-state index contributed by atoms with van der Waals surface area (Å²) in [5, 5.41) is 0. The standard InChI is InChI=1S/C15H20N4O/c1-4-8-20-15-13(16)14(17-10-18-15)19(3)12-7-5-6-11(2)9-12/h5-7,9-10H,4,8,16H2,1-3H3. The van der Waals surface area contributed by atoms with Crippen molar-refractivity contribution in [2.24, 2.45) is 0 Å². The van der Waals surface area contributed by atoms with Crippen molar-refractivity contribution in [3.63, 3.8) is 0 Å². The largest absolute Gasteiger partial charge is 0.476 e. The summed E-state index contributed by atoms with van der Waals surface area (Å²) in [5.74, 6) is 1.09. The van der Waals surface area contributed by atoms with E-state index in [4.69, 9.17) is 10.5 Å². The molecule has 1 aromatic heterocycles. The summed E-state index contributed by atoms with van der Waals surface area (Å²) in [6.45, 7) is 4.68. The molecular formula is C15H20N4O. The van der Waals surface area contributed by atoms with Gasteiger partial charge in [0.1, 0.15) is 12.0 Å². The molecule has 1 heterocycles. The Hall–Kier alpha value is -2.30. The number of nitrogens with two attached hydrogens (primary N) is 1. The minimum atomic E-state index is 0.441. The second kappa shape index (κ2) is 6.23. The number of anilines is 3. The molecule has 106 valence electrons. The SMILES string of the molecule is CCCOc1ncnc(N(C)c2cccc(C)c2)c1N. The first kappa shape index (κ1) is 14.1. The lowest BCUT2D eigenvalue weighted by Crippen LogP contribution is -2.15. The van der Waals surface area contributed by atoms with Gasteiger partial charge in [0.25, 0.3) is 0 Å². The third-order valence-electron chi connectivity index (χ3n) is 2.98. The minimum Gasteiger partial charge on any atom is -0.476 e. The van der Waals surface area contributed by atoms with Crippen molar-refractivity contribution in [1.29, 1.82) is 0 Å². The molecule has 0 spiro atoms. The average Bonchev–Trinajstić information content (AvgIpc) is 2.45. The van der Waals surface area contributed by atoms with Gasteiger partial charge in [0.15, 0.2) is 5.82 Å². The maximum Gasteiger partial charge on any atom is 0.242 e. The molecule has 0 atom stereocenters. The molecule has 0 unspecified atom stereocenters. The highest BCUT2D eigenvalue weighted by molar-refractivity contribution is 5.73. The van der Waals surface area contributed by atoms with Gasteiger partial charge < -0.3 is 15.4 Å². The summed E-state index contributed by atoms with van der Waals surface area (Å²) in [5.41, 5.74) is 8.78. The molecule has 0 saturated carbocycles. The van der Waals surface area contributed by atoms with E-state index in [-0.39, 0.29) is 0 Å². The molecule has 0 fully saturated rings. The Morgan fingerprint density at radius 1 is 1.30 bits per heavy atom. The number of rotatable bonds is 5. The molecule has 0 aliphatic carbocycles. The van der Waals surface area contributed by atoms with Gasteiger partial charge in [-0.25, -0.2) is 4.98 Å². The Labute approximate surface area is 119 Å². The van der Waals surface area contributed by atoms with Gasteiger partial charge in [-0.05, 0) is 31.0 Å². The van der Waals surface area contributed by atoms with Crippen LogP contribution in [0.2, 0.25) is 0 Å². The van der Waals surface area contributed by atoms with E-state index in [1.807, 2.05) is 31.0 Å². The number of nitrogens with zero attached hydrogens (tertiary/aromatic N) is 3. The molecule has 2 N–H and O–H groups in total. The third-order valence-corrected chi connectivity index (χ3v) is 2.98. The summed E-state index contributed by atoms with van der Waals surface area (Å²) >= 11 is 0. The second-order valence-electron chi connectivity index (χ2n) is 4.66. The number of nitrogen functional groups attached to an aromatic ring is 1. The lowest BCUT2D eigenvalue weighted by Gasteiger charge is -2.21. The Bertz CT molecular complexity index is 586. The summed E-state index contributed by atoms with van der Waals surface area (Å²) in [4.78, 5) is 10.3. The van der Waals surface area contributed by atoms with Crippen LogP contribution in [0.15, 0.2) is 30.6 Å². The van der Waals surface area contributed by atoms with Crippen molar-refractivity contribution in [3.05, 3.63) is 36.2 Å². The molecular weight excluding hydrogens is 252 g/mol. The fourth-order valence-electron chi connectivity index (χ4n) is 1.91. The number of aromatic nitrogens is 2. The van der Waals surface area contributed by atoms with Crippen LogP contribution >= 0.6 is 0 Å². The lowest BCUT2D eigenvalue weighted by atomic mass is 10.2. The summed E-state index contributed by atoms with van der Waals surface area (Å²) in [7, 11) is 1.93. The number of hydrogen-bond acceptors (Lipinski definition) is 5. The third kappa shape index (κ3) is 2.99. The van der Waals surface area contributed by atoms with Crippen molar-refractivity contribution < 1.29 is 4.74 Å². The van der Waals surface area contributed by atoms with Crippen LogP contribution in [0.5, 0.6) is 5.88 Å². The predicted molar refractivity (Wildman–Crippen MR) is 81.5 cm³/mol. The Balaban J connectivity index is 2.32. The first-order valence-electron chi connectivity index (χ1n) is 6.67. The van der Waals surface area contributed by atoms with E-state index in [1.54, 1.807) is 0 Å². The van der Waals surface area contributed by atoms with Crippen LogP contribution in [0.4, 0.5) is 17.2 Å². The first-order valence-corrected chi connectivity index (χ1v) is 6.67. The van der Waals surface area contributed by atoms with Crippen molar-refractivity contribution in [2.45, 2.75) is 20.3 Å². The topological polar surface area (TPSA) is 64.3 Å². The van der Waals surface area contributed by atoms with Crippen molar-refractivity contribution in [2.75, 3.05) is 24.3 Å². The van der Waals surface area contributed by atoms with E-state index < -0.39 is 0 Å². The van der Waals surface area contributed by atoms with E-state index in [2.05, 4.69) is 29.0 Å². The molecule has 0 saturated heterocycles. The highest BCUT2D eigenvalue weighted by atomic mass is 16.5. The highest BCUT2D eigenvalue weighted by Crippen LogP contribution is 2.31. The zero-order valence-corrected chi connectivity index (χ0v) is 12.1. The number of aryl methyl sites for hydroxylation is 1. The number of benzene rings is 1. The van der Waals surface area contributed by atoms with Gasteiger partial charge in [-0.2, -0.15) is 4.98 Å². The first-order chi connectivity index (χ1) is 9.63. The van der Waals surface area contributed by atoms with Crippen molar-refractivity contribution in [3.8, 4) is 5.88 Å². The van der Waals surface area contributed by atoms with Crippen LogP contribution < -0.4 is 15.4 Å². The Morgan fingerprint density at radius 2 is 2.10 bits per heavy atom. The van der Waals surface area contributed by atoms with Crippen LogP contribution in [0.25, 0.3) is 0 Å². The zero-order valence-electron chi connectivity index (χ0n) is 12.1. The van der Waals surface area contributed by atoms with E-state index in [0.717, 1.165) is 12.1 Å². The predicted octanol–water partition coefficient (Wildman–Crippen LogP) is 2.92. The van der Waals surface area contributed by atoms with Crippen LogP contribution in [-0.2, 0) is 0 Å². The van der Waals surface area contributed by atoms with E-state index >= 15 is 0 Å². The molecule has 0 aliphatic rings. The average molecular weight is 272 g/mol. The normalized spacial score (nSPS) is 10.3. The van der Waals surface area contributed by atoms with Gasteiger partial charge in [-0.1, -0.05) is 19.1 Å². The molecule has 20 heavy (non-hydrogen) atoms. The van der Waals surface area contributed by atoms with Gasteiger partial charge >= 0.3 is 0 Å². The Kier molecular flexibility index (Phi) is 4.40. The van der Waals surface area contributed by atoms with Gasteiger partial charge in [0, 0.05) is 12.7 Å². The van der Waals surface area contributed by atoms with E-state index in [9.17, 15) is 0 Å². The van der Waals surface area contributed by atoms with Crippen LogP contribution in [0.3, 0.4) is 0 Å². The fourth-order valence-corrected chi connectivity index (χ4v) is 1.91. The molecule has 5 heteroatoms. The van der Waals surface area contributed by atoms with Gasteiger partial charge in [-0.3, -0.25) is 0 Å². The zero-order chi connectivity index (χ0) is 14.5. The minimum absolute atomic E-state index is 0.441. The van der Waals surface area contributed by atoms with Crippen molar-refractivity contribution >= 4 is 17.2 Å². The molecule has 2 aromatic rings. The van der Waals surface area contributed by atoms with Gasteiger partial charge in [-0.15, -0.1) is 0 Å². The van der Waals surface area contributed by atoms with Crippen LogP contribution in [-0.4, -0.2) is 23.6 Å². The summed E-state index contributed by atoms with van der Waals surface area (Å²) in [6.07, 6.45) is 2.38. The van der Waals surface area contributed by atoms with Crippen LogP contribution in [0.1, 0.15) is 18.9 Å². The number of ether oxygens (including phenoxy) is 1. The lowest BCUT2D eigenvalue weighted by molar-refractivity contribution is 0.306. The molecule has 0 bridgehead atoms. The molecule has 0 radical (unpaired) electrons. The number of hydrogen-bond donors (Lipinski definition) is 1.